The second-order valence-electron chi connectivity index (χ2n) is 12.8. The maximum absolute atomic E-state index is 13.8. The molecule has 0 N–H and O–H groups in total. The molecule has 4 aliphatic carbocycles. The van der Waals surface area contributed by atoms with Gasteiger partial charge in [0.25, 0.3) is 0 Å². The fourth-order valence-corrected chi connectivity index (χ4v) is 10.0. The number of allylic oxidation sites excluding steroid dienone is 1. The van der Waals surface area contributed by atoms with Crippen molar-refractivity contribution >= 4 is 20.8 Å². The first kappa shape index (κ1) is 26.1. The quantitative estimate of drug-likeness (QED) is 0.304. The van der Waals surface area contributed by atoms with Crippen LogP contribution in [0.5, 0.6) is 0 Å². The first-order valence-corrected chi connectivity index (χ1v) is 16.9. The highest BCUT2D eigenvalue weighted by Crippen LogP contribution is 2.67. The number of ether oxygens (including phenoxy) is 1. The third-order valence-corrected chi connectivity index (χ3v) is 11.4. The topological polar surface area (TPSA) is 52.6 Å². The van der Waals surface area contributed by atoms with Crippen molar-refractivity contribution in [2.24, 2.45) is 40.4 Å². The van der Waals surface area contributed by atoms with Gasteiger partial charge in [0.2, 0.25) is 0 Å². The van der Waals surface area contributed by atoms with Crippen molar-refractivity contribution in [3.8, 4) is 0 Å². The molecule has 0 aromatic heterocycles. The number of esters is 1. The van der Waals surface area contributed by atoms with E-state index < -0.39 is 9.04 Å². The van der Waals surface area contributed by atoms with E-state index >= 15 is 0 Å². The van der Waals surface area contributed by atoms with Crippen molar-refractivity contribution in [1.82, 2.24) is 0 Å². The molecule has 3 unspecified atom stereocenters. The Kier molecular flexibility index (Phi) is 7.56. The summed E-state index contributed by atoms with van der Waals surface area (Å²) in [4.78, 5) is 25.5. The van der Waals surface area contributed by atoms with Gasteiger partial charge in [0, 0.05) is 31.1 Å². The van der Waals surface area contributed by atoms with Crippen molar-refractivity contribution in [3.05, 3.63) is 11.6 Å². The molecule has 9 atom stereocenters. The van der Waals surface area contributed by atoms with Gasteiger partial charge >= 0.3 is 5.97 Å². The van der Waals surface area contributed by atoms with E-state index in [2.05, 4.69) is 40.8 Å². The van der Waals surface area contributed by atoms with Gasteiger partial charge in [-0.05, 0) is 73.9 Å². The lowest BCUT2D eigenvalue weighted by molar-refractivity contribution is -0.155. The molecule has 0 spiro atoms. The van der Waals surface area contributed by atoms with Gasteiger partial charge in [-0.3, -0.25) is 9.59 Å². The Balaban J connectivity index is 1.66. The average molecular weight is 489 g/mol. The van der Waals surface area contributed by atoms with E-state index in [0.717, 1.165) is 24.7 Å². The lowest BCUT2D eigenvalue weighted by atomic mass is 9.46. The van der Waals surface area contributed by atoms with E-state index in [1.807, 2.05) is 6.08 Å². The van der Waals surface area contributed by atoms with Crippen molar-refractivity contribution in [2.75, 3.05) is 0 Å². The highest BCUT2D eigenvalue weighted by atomic mass is 28.3. The van der Waals surface area contributed by atoms with Crippen LogP contribution < -0.4 is 0 Å². The van der Waals surface area contributed by atoms with Gasteiger partial charge in [-0.1, -0.05) is 52.5 Å². The first-order valence-electron chi connectivity index (χ1n) is 14.1. The highest BCUT2D eigenvalue weighted by Gasteiger charge is 2.63. The van der Waals surface area contributed by atoms with Crippen LogP contribution in [-0.2, 0) is 18.8 Å². The summed E-state index contributed by atoms with van der Waals surface area (Å²) >= 11 is 0. The van der Waals surface area contributed by atoms with Crippen molar-refractivity contribution in [2.45, 2.75) is 118 Å². The molecule has 4 rings (SSSR count). The van der Waals surface area contributed by atoms with Crippen LogP contribution in [0, 0.1) is 40.4 Å². The van der Waals surface area contributed by atoms with E-state index in [4.69, 9.17) is 9.16 Å². The first-order chi connectivity index (χ1) is 16.0. The van der Waals surface area contributed by atoms with Crippen LogP contribution in [0.4, 0.5) is 0 Å². The molecule has 0 amide bonds. The summed E-state index contributed by atoms with van der Waals surface area (Å²) in [6, 6.07) is 0. The Morgan fingerprint density at radius 3 is 2.59 bits per heavy atom. The van der Waals surface area contributed by atoms with Crippen LogP contribution in [0.25, 0.3) is 0 Å². The minimum absolute atomic E-state index is 0.0363. The third-order valence-electron chi connectivity index (χ3n) is 10.5. The van der Waals surface area contributed by atoms with Crippen LogP contribution >= 0.6 is 0 Å². The lowest BCUT2D eigenvalue weighted by Crippen LogP contribution is -2.59. The summed E-state index contributed by atoms with van der Waals surface area (Å²) < 4.78 is 12.4. The highest BCUT2D eigenvalue weighted by molar-refractivity contribution is 6.48. The van der Waals surface area contributed by atoms with Crippen LogP contribution in [0.2, 0.25) is 13.1 Å². The summed E-state index contributed by atoms with van der Waals surface area (Å²) in [5.41, 5.74) is 1.34. The second kappa shape index (κ2) is 9.84. The molecular weight excluding hydrogens is 440 g/mol. The Bertz CT molecular complexity index is 821. The summed E-state index contributed by atoms with van der Waals surface area (Å²) in [7, 11) is -1.31. The maximum Gasteiger partial charge on any atom is 0.302 e. The molecular formula is C29H48O4Si. The van der Waals surface area contributed by atoms with Crippen molar-refractivity contribution in [3.63, 3.8) is 0 Å². The maximum atomic E-state index is 13.8. The summed E-state index contributed by atoms with van der Waals surface area (Å²) in [6.45, 7) is 15.6. The molecule has 3 fully saturated rings. The molecule has 3 saturated carbocycles. The lowest BCUT2D eigenvalue weighted by Gasteiger charge is -2.60. The Hall–Kier alpha value is -0.943. The van der Waals surface area contributed by atoms with Gasteiger partial charge in [-0.2, -0.15) is 0 Å². The summed E-state index contributed by atoms with van der Waals surface area (Å²) in [5, 5.41) is 0. The monoisotopic (exact) mass is 488 g/mol. The molecule has 34 heavy (non-hydrogen) atoms. The van der Waals surface area contributed by atoms with E-state index in [9.17, 15) is 9.59 Å². The molecule has 192 valence electrons. The molecule has 0 aromatic carbocycles. The van der Waals surface area contributed by atoms with Gasteiger partial charge in [-0.25, -0.2) is 0 Å². The van der Waals surface area contributed by atoms with E-state index in [0.29, 0.717) is 24.0 Å². The number of fused-ring (bicyclic) bond motifs is 5. The predicted molar refractivity (Wildman–Crippen MR) is 139 cm³/mol. The smallest absolute Gasteiger partial charge is 0.302 e. The van der Waals surface area contributed by atoms with Gasteiger partial charge in [-0.15, -0.1) is 0 Å². The number of carbonyl (C=O) groups is 2. The van der Waals surface area contributed by atoms with E-state index in [-0.39, 0.29) is 34.9 Å². The molecule has 4 nitrogen and oxygen atoms in total. The Morgan fingerprint density at radius 1 is 1.21 bits per heavy atom. The molecule has 0 aromatic rings. The predicted octanol–water partition coefficient (Wildman–Crippen LogP) is 6.48. The number of unbranched alkanes of at least 4 members (excludes halogenated alkanes) is 1. The number of ketones is 1. The van der Waals surface area contributed by atoms with Crippen LogP contribution in [0.15, 0.2) is 11.6 Å². The van der Waals surface area contributed by atoms with Crippen LogP contribution in [0.3, 0.4) is 0 Å². The van der Waals surface area contributed by atoms with Gasteiger partial charge in [0.15, 0.2) is 14.8 Å². The third kappa shape index (κ3) is 4.38. The van der Waals surface area contributed by atoms with Crippen LogP contribution in [0.1, 0.15) is 92.4 Å². The van der Waals surface area contributed by atoms with Crippen molar-refractivity contribution in [1.29, 1.82) is 0 Å². The molecule has 0 aliphatic heterocycles. The number of rotatable bonds is 7. The van der Waals surface area contributed by atoms with Gasteiger partial charge in [0.1, 0.15) is 6.10 Å². The molecule has 0 heterocycles. The zero-order valence-corrected chi connectivity index (χ0v) is 23.8. The Morgan fingerprint density at radius 2 is 1.94 bits per heavy atom. The molecule has 0 saturated heterocycles. The van der Waals surface area contributed by atoms with E-state index in [1.54, 1.807) is 0 Å². The van der Waals surface area contributed by atoms with Crippen molar-refractivity contribution < 1.29 is 18.8 Å². The second-order valence-corrected chi connectivity index (χ2v) is 15.2. The summed E-state index contributed by atoms with van der Waals surface area (Å²) in [5.74, 6) is 2.56. The molecule has 0 bridgehead atoms. The minimum Gasteiger partial charge on any atom is -0.462 e. The summed E-state index contributed by atoms with van der Waals surface area (Å²) in [6.07, 6.45) is 12.0. The Labute approximate surface area is 209 Å². The molecule has 4 aliphatic rings. The molecule has 5 heteroatoms. The number of hydrogen-bond acceptors (Lipinski definition) is 4. The minimum atomic E-state index is -1.31. The molecule has 0 radical (unpaired) electrons. The zero-order chi connectivity index (χ0) is 24.8. The number of carbonyl (C=O) groups excluding carboxylic acids is 2. The van der Waals surface area contributed by atoms with Gasteiger partial charge < -0.3 is 9.16 Å². The SMILES string of the molecule is CCCCC(C)[C@H]1CC[C@H]2[C@@H]3C(=O)C=C4CC(OC(C)=O)CC(O[SiH](C)C)[C@]4(C)[C@H]3CC[C@]12C. The number of hydrogen-bond donors (Lipinski definition) is 0. The van der Waals surface area contributed by atoms with Gasteiger partial charge in [0.05, 0.1) is 6.10 Å². The average Bonchev–Trinajstić information content (AvgIpc) is 3.10. The zero-order valence-electron chi connectivity index (χ0n) is 22.7. The largest absolute Gasteiger partial charge is 0.462 e. The van der Waals surface area contributed by atoms with Crippen LogP contribution in [-0.4, -0.2) is 33.0 Å². The standard InChI is InChI=1S/C29H48O4Si/c1-8-9-10-18(2)22-11-12-23-27-24(13-14-28(22,23)4)29(5)20(16-25(27)31)15-21(32-19(3)30)17-26(29)33-34(6)7/h16,18,21-24,26-27,34H,8-15,17H2,1-7H3/t18?,21?,22-,23+,24+,26?,27+,28-,29+/m1/s1. The fraction of sp³-hybridized carbons (Fsp3) is 0.862. The fourth-order valence-electron chi connectivity index (χ4n) is 8.96. The van der Waals surface area contributed by atoms with E-state index in [1.165, 1.54) is 51.0 Å². The normalized spacial score (nSPS) is 42.5.